The van der Waals surface area contributed by atoms with Gasteiger partial charge in [-0.15, -0.1) is 0 Å². The Morgan fingerprint density at radius 2 is 1.97 bits per heavy atom. The molecular weight excluding hydrogens is 440 g/mol. The van der Waals surface area contributed by atoms with Crippen LogP contribution in [0, 0.1) is 0 Å². The molecule has 0 spiro atoms. The number of anilines is 1. The first-order valence-electron chi connectivity index (χ1n) is 11.6. The van der Waals surface area contributed by atoms with Gasteiger partial charge in [0, 0.05) is 39.8 Å². The van der Waals surface area contributed by atoms with Crippen LogP contribution < -0.4 is 20.9 Å². The molecule has 0 aliphatic carbocycles. The number of aromatic nitrogens is 4. The number of β-amino-alcohol motifs (C(OH)–C–C–N with tert-alkyl or cyclic N) is 1. The normalized spacial score (nSPS) is 15.7. The van der Waals surface area contributed by atoms with E-state index < -0.39 is 17.4 Å². The summed E-state index contributed by atoms with van der Waals surface area (Å²) in [5.74, 6) is 1.20. The van der Waals surface area contributed by atoms with Gasteiger partial charge in [-0.3, -0.25) is 19.2 Å². The van der Waals surface area contributed by atoms with Crippen LogP contribution in [-0.4, -0.2) is 86.3 Å². The minimum atomic E-state index is -0.909. The van der Waals surface area contributed by atoms with Crippen molar-refractivity contribution >= 4 is 17.1 Å². The van der Waals surface area contributed by atoms with Crippen molar-refractivity contribution in [1.29, 1.82) is 0 Å². The second kappa shape index (κ2) is 10.4. The van der Waals surface area contributed by atoms with Crippen LogP contribution >= 0.6 is 0 Å². The first-order valence-corrected chi connectivity index (χ1v) is 11.6. The van der Waals surface area contributed by atoms with Crippen molar-refractivity contribution in [3.63, 3.8) is 0 Å². The fourth-order valence-electron chi connectivity index (χ4n) is 4.26. The molecule has 1 aromatic carbocycles. The molecule has 3 heterocycles. The van der Waals surface area contributed by atoms with E-state index >= 15 is 0 Å². The molecule has 2 aromatic heterocycles. The van der Waals surface area contributed by atoms with E-state index in [1.54, 1.807) is 11.6 Å². The zero-order valence-electron chi connectivity index (χ0n) is 19.6. The first-order chi connectivity index (χ1) is 16.4. The lowest BCUT2D eigenvalue weighted by atomic mass is 10.2. The number of aliphatic hydroxyl groups excluding tert-OH is 2. The highest BCUT2D eigenvalue weighted by atomic mass is 16.5. The maximum Gasteiger partial charge on any atom is 0.329 e. The number of rotatable bonds is 9. The van der Waals surface area contributed by atoms with Crippen molar-refractivity contribution in [3.05, 3.63) is 50.7 Å². The van der Waals surface area contributed by atoms with Crippen molar-refractivity contribution < 1.29 is 14.9 Å². The molecule has 1 atom stereocenters. The van der Waals surface area contributed by atoms with Gasteiger partial charge in [-0.1, -0.05) is 19.1 Å². The van der Waals surface area contributed by atoms with Crippen LogP contribution in [-0.2, 0) is 20.0 Å². The molecule has 184 valence electrons. The standard InChI is InChI=1S/C23H32N6O5/c1-3-16-5-4-6-18(13-16)34-15-17(31)14-29-19-20(26(2)23(33)25-21(19)32)24-22(29)28-9-7-27(8-10-28)11-12-30/h4-6,13,17,30-31H,3,7-12,14-15H2,1-2H3,(H,25,32,33)/t17-/m0/s1. The van der Waals surface area contributed by atoms with Gasteiger partial charge in [0.2, 0.25) is 5.95 Å². The van der Waals surface area contributed by atoms with Crippen LogP contribution in [0.25, 0.3) is 11.2 Å². The van der Waals surface area contributed by atoms with Gasteiger partial charge < -0.3 is 24.4 Å². The number of imidazole rings is 1. The van der Waals surface area contributed by atoms with Crippen LogP contribution in [0.1, 0.15) is 12.5 Å². The fraction of sp³-hybridized carbons (Fsp3) is 0.522. The lowest BCUT2D eigenvalue weighted by Crippen LogP contribution is -2.48. The number of aliphatic hydroxyl groups is 2. The Hall–Kier alpha value is -3.15. The number of aromatic amines is 1. The molecule has 34 heavy (non-hydrogen) atoms. The summed E-state index contributed by atoms with van der Waals surface area (Å²) in [5.41, 5.74) is 0.565. The summed E-state index contributed by atoms with van der Waals surface area (Å²) < 4.78 is 8.78. The smallest absolute Gasteiger partial charge is 0.329 e. The summed E-state index contributed by atoms with van der Waals surface area (Å²) in [6, 6.07) is 7.72. The Balaban J connectivity index is 1.60. The van der Waals surface area contributed by atoms with Crippen LogP contribution in [0.2, 0.25) is 0 Å². The number of nitrogens with one attached hydrogen (secondary N) is 1. The van der Waals surface area contributed by atoms with E-state index in [4.69, 9.17) is 4.74 Å². The van der Waals surface area contributed by atoms with Crippen LogP contribution in [0.4, 0.5) is 5.95 Å². The lowest BCUT2D eigenvalue weighted by molar-refractivity contribution is 0.0934. The van der Waals surface area contributed by atoms with Crippen LogP contribution in [0.3, 0.4) is 0 Å². The number of ether oxygens (including phenoxy) is 1. The van der Waals surface area contributed by atoms with Gasteiger partial charge >= 0.3 is 5.69 Å². The van der Waals surface area contributed by atoms with Crippen molar-refractivity contribution in [2.75, 3.05) is 50.8 Å². The van der Waals surface area contributed by atoms with Crippen molar-refractivity contribution in [1.82, 2.24) is 24.0 Å². The molecule has 1 aliphatic rings. The zero-order valence-corrected chi connectivity index (χ0v) is 19.6. The molecule has 0 saturated carbocycles. The number of H-pyrrole nitrogens is 1. The van der Waals surface area contributed by atoms with E-state index in [-0.39, 0.29) is 30.9 Å². The third-order valence-electron chi connectivity index (χ3n) is 6.20. The predicted octanol–water partition coefficient (Wildman–Crippen LogP) is -0.460. The molecular formula is C23H32N6O5. The minimum Gasteiger partial charge on any atom is -0.491 e. The van der Waals surface area contributed by atoms with E-state index in [9.17, 15) is 19.8 Å². The lowest BCUT2D eigenvalue weighted by Gasteiger charge is -2.35. The van der Waals surface area contributed by atoms with Crippen molar-refractivity contribution in [2.24, 2.45) is 7.05 Å². The molecule has 3 aromatic rings. The summed E-state index contributed by atoms with van der Waals surface area (Å²) in [6.07, 6.45) is -0.0225. The monoisotopic (exact) mass is 472 g/mol. The van der Waals surface area contributed by atoms with Gasteiger partial charge in [-0.2, -0.15) is 4.98 Å². The van der Waals surface area contributed by atoms with Gasteiger partial charge in [0.15, 0.2) is 11.2 Å². The zero-order chi connectivity index (χ0) is 24.2. The summed E-state index contributed by atoms with van der Waals surface area (Å²) >= 11 is 0. The third kappa shape index (κ3) is 5.01. The number of nitrogens with zero attached hydrogens (tertiary/aromatic N) is 5. The predicted molar refractivity (Wildman–Crippen MR) is 129 cm³/mol. The molecule has 0 radical (unpaired) electrons. The van der Waals surface area contributed by atoms with Crippen molar-refractivity contribution in [3.8, 4) is 5.75 Å². The maximum atomic E-state index is 12.7. The number of aryl methyl sites for hydroxylation is 2. The average molecular weight is 473 g/mol. The van der Waals surface area contributed by atoms with Gasteiger partial charge in [-0.25, -0.2) is 4.79 Å². The Morgan fingerprint density at radius 1 is 1.21 bits per heavy atom. The number of hydrogen-bond donors (Lipinski definition) is 3. The van der Waals surface area contributed by atoms with E-state index in [0.29, 0.717) is 31.3 Å². The van der Waals surface area contributed by atoms with Gasteiger partial charge in [0.25, 0.3) is 5.56 Å². The van der Waals surface area contributed by atoms with Gasteiger partial charge in [0.05, 0.1) is 13.2 Å². The van der Waals surface area contributed by atoms with Crippen LogP contribution in [0.5, 0.6) is 5.75 Å². The summed E-state index contributed by atoms with van der Waals surface area (Å²) in [5, 5.41) is 20.0. The Morgan fingerprint density at radius 3 is 2.68 bits per heavy atom. The highest BCUT2D eigenvalue weighted by Gasteiger charge is 2.26. The molecule has 1 aliphatic heterocycles. The fourth-order valence-corrected chi connectivity index (χ4v) is 4.26. The van der Waals surface area contributed by atoms with Gasteiger partial charge in [-0.05, 0) is 24.1 Å². The van der Waals surface area contributed by atoms with E-state index in [1.165, 1.54) is 4.57 Å². The second-order valence-electron chi connectivity index (χ2n) is 8.53. The molecule has 1 saturated heterocycles. The van der Waals surface area contributed by atoms with Crippen molar-refractivity contribution in [2.45, 2.75) is 26.0 Å². The maximum absolute atomic E-state index is 12.7. The number of fused-ring (bicyclic) bond motifs is 1. The summed E-state index contributed by atoms with van der Waals surface area (Å²) in [7, 11) is 1.56. The van der Waals surface area contributed by atoms with Gasteiger partial charge in [0.1, 0.15) is 18.5 Å². The summed E-state index contributed by atoms with van der Waals surface area (Å²) in [4.78, 5) is 36.0. The quantitative estimate of drug-likeness (QED) is 0.382. The SMILES string of the molecule is CCc1cccc(OC[C@@H](O)Cn2c(N3CCN(CCO)CC3)nc3c2c(=O)[nH]c(=O)n3C)c1. The highest BCUT2D eigenvalue weighted by Crippen LogP contribution is 2.22. The van der Waals surface area contributed by atoms with Crippen LogP contribution in [0.15, 0.2) is 33.9 Å². The van der Waals surface area contributed by atoms with E-state index in [2.05, 4.69) is 21.8 Å². The molecule has 0 bridgehead atoms. The van der Waals surface area contributed by atoms with E-state index in [0.717, 1.165) is 25.1 Å². The molecule has 3 N–H and O–H groups in total. The Bertz CT molecular complexity index is 1240. The third-order valence-corrected chi connectivity index (χ3v) is 6.20. The second-order valence-corrected chi connectivity index (χ2v) is 8.53. The molecule has 1 fully saturated rings. The first kappa shape index (κ1) is 24.0. The molecule has 4 rings (SSSR count). The minimum absolute atomic E-state index is 0.0419. The number of piperazine rings is 1. The number of benzene rings is 1. The molecule has 0 amide bonds. The molecule has 11 heteroatoms. The topological polar surface area (TPSA) is 129 Å². The summed E-state index contributed by atoms with van der Waals surface area (Å²) in [6.45, 7) is 5.65. The number of hydrogen-bond acceptors (Lipinski definition) is 8. The highest BCUT2D eigenvalue weighted by molar-refractivity contribution is 5.74. The van der Waals surface area contributed by atoms with E-state index in [1.807, 2.05) is 29.2 Å². The average Bonchev–Trinajstić information content (AvgIpc) is 3.22. The molecule has 11 nitrogen and oxygen atoms in total. The Kier molecular flexibility index (Phi) is 7.35. The Labute approximate surface area is 196 Å². The largest absolute Gasteiger partial charge is 0.491 e. The molecule has 0 unspecified atom stereocenters.